The van der Waals surface area contributed by atoms with Crippen molar-refractivity contribution in [1.29, 1.82) is 0 Å². The van der Waals surface area contributed by atoms with Gasteiger partial charge in [-0.1, -0.05) is 6.07 Å². The summed E-state index contributed by atoms with van der Waals surface area (Å²) in [6, 6.07) is 8.97. The Kier molecular flexibility index (Phi) is 5.76. The molecule has 7 heteroatoms. The Balaban J connectivity index is 1.38. The summed E-state index contributed by atoms with van der Waals surface area (Å²) in [4.78, 5) is 27.3. The number of urea groups is 1. The molecule has 2 aromatic rings. The van der Waals surface area contributed by atoms with Crippen LogP contribution < -0.4 is 15.4 Å². The van der Waals surface area contributed by atoms with E-state index in [1.165, 1.54) is 0 Å². The number of carbonyl (C=O) groups excluding carboxylic acids is 2. The van der Waals surface area contributed by atoms with E-state index in [4.69, 9.17) is 4.74 Å². The molecule has 0 atom stereocenters. The molecule has 4 rings (SSSR count). The van der Waals surface area contributed by atoms with E-state index in [1.807, 2.05) is 36.9 Å². The van der Waals surface area contributed by atoms with Crippen molar-refractivity contribution in [3.63, 3.8) is 0 Å². The molecule has 0 radical (unpaired) electrons. The zero-order chi connectivity index (χ0) is 22.1. The van der Waals surface area contributed by atoms with Gasteiger partial charge < -0.3 is 25.4 Å². The van der Waals surface area contributed by atoms with Gasteiger partial charge in [-0.25, -0.2) is 4.79 Å². The quantitative estimate of drug-likeness (QED) is 0.629. The molecule has 1 fully saturated rings. The van der Waals surface area contributed by atoms with Crippen molar-refractivity contribution < 1.29 is 19.4 Å². The molecule has 3 N–H and O–H groups in total. The summed E-state index contributed by atoms with van der Waals surface area (Å²) in [5.74, 6) is 0.926. The number of rotatable bonds is 4. The van der Waals surface area contributed by atoms with E-state index < -0.39 is 0 Å². The second-order valence-corrected chi connectivity index (χ2v) is 8.47. The van der Waals surface area contributed by atoms with Crippen LogP contribution >= 0.6 is 0 Å². The second kappa shape index (κ2) is 8.49. The highest BCUT2D eigenvalue weighted by Gasteiger charge is 2.34. The number of nitrogens with one attached hydrogen (secondary N) is 2. The maximum Gasteiger partial charge on any atom is 0.322 e. The number of benzene rings is 2. The molecule has 0 bridgehead atoms. The first-order chi connectivity index (χ1) is 14.9. The summed E-state index contributed by atoms with van der Waals surface area (Å²) in [7, 11) is 1.62. The van der Waals surface area contributed by atoms with Crippen molar-refractivity contribution in [3.05, 3.63) is 47.0 Å². The summed E-state index contributed by atoms with van der Waals surface area (Å²) >= 11 is 0. The number of ether oxygens (including phenoxy) is 1. The van der Waals surface area contributed by atoms with E-state index in [9.17, 15) is 14.7 Å². The van der Waals surface area contributed by atoms with Crippen LogP contribution in [-0.4, -0.2) is 35.1 Å². The van der Waals surface area contributed by atoms with Gasteiger partial charge in [0.15, 0.2) is 0 Å². The molecule has 3 amide bonds. The van der Waals surface area contributed by atoms with Crippen LogP contribution in [0.25, 0.3) is 0 Å². The summed E-state index contributed by atoms with van der Waals surface area (Å²) in [6.45, 7) is 4.31. The Labute approximate surface area is 182 Å². The van der Waals surface area contributed by atoms with Crippen molar-refractivity contribution in [2.75, 3.05) is 17.7 Å². The number of anilines is 2. The van der Waals surface area contributed by atoms with Gasteiger partial charge >= 0.3 is 6.03 Å². The fourth-order valence-corrected chi connectivity index (χ4v) is 4.58. The average Bonchev–Trinajstić information content (AvgIpc) is 2.77. The Morgan fingerprint density at radius 1 is 1.16 bits per heavy atom. The molecule has 0 spiro atoms. The van der Waals surface area contributed by atoms with Gasteiger partial charge in [0.25, 0.3) is 0 Å². The van der Waals surface area contributed by atoms with Crippen LogP contribution in [0.4, 0.5) is 16.2 Å². The number of aryl methyl sites for hydroxylation is 1. The molecule has 1 aliphatic carbocycles. The van der Waals surface area contributed by atoms with Crippen LogP contribution in [0, 0.1) is 19.8 Å². The highest BCUT2D eigenvalue weighted by molar-refractivity contribution is 5.94. The second-order valence-electron chi connectivity index (χ2n) is 8.47. The van der Waals surface area contributed by atoms with Gasteiger partial charge in [0.05, 0.1) is 13.7 Å². The number of phenolic OH excluding ortho intramolecular Hbond substituents is 1. The van der Waals surface area contributed by atoms with Gasteiger partial charge in [-0.15, -0.1) is 0 Å². The van der Waals surface area contributed by atoms with E-state index in [-0.39, 0.29) is 29.6 Å². The van der Waals surface area contributed by atoms with Crippen LogP contribution in [0.2, 0.25) is 0 Å². The lowest BCUT2D eigenvalue weighted by molar-refractivity contribution is -0.121. The number of aromatic hydroxyl groups is 1. The SMILES string of the molecule is COc1cc(NC(=O)C2CCC(N3Cc4c(ccc(O)c4C)NC3=O)CC2)ccc1C. The predicted molar refractivity (Wildman–Crippen MR) is 120 cm³/mol. The van der Waals surface area contributed by atoms with Gasteiger partial charge in [0, 0.05) is 35.0 Å². The Morgan fingerprint density at radius 3 is 2.61 bits per heavy atom. The molecule has 1 aliphatic heterocycles. The molecule has 7 nitrogen and oxygen atoms in total. The smallest absolute Gasteiger partial charge is 0.322 e. The minimum Gasteiger partial charge on any atom is -0.508 e. The minimum atomic E-state index is -0.114. The van der Waals surface area contributed by atoms with E-state index in [1.54, 1.807) is 19.2 Å². The first-order valence-corrected chi connectivity index (χ1v) is 10.7. The molecule has 31 heavy (non-hydrogen) atoms. The van der Waals surface area contributed by atoms with E-state index >= 15 is 0 Å². The van der Waals surface area contributed by atoms with Crippen molar-refractivity contribution >= 4 is 23.3 Å². The van der Waals surface area contributed by atoms with Crippen LogP contribution in [0.1, 0.15) is 42.4 Å². The Morgan fingerprint density at radius 2 is 1.90 bits per heavy atom. The van der Waals surface area contributed by atoms with Gasteiger partial charge in [0.1, 0.15) is 11.5 Å². The number of fused-ring (bicyclic) bond motifs is 1. The standard InChI is InChI=1S/C24H29N3O4/c1-14-4-7-17(12-22(14)31-3)25-23(29)16-5-8-18(9-6-16)27-13-19-15(2)21(28)11-10-20(19)26-24(27)30/h4,7,10-12,16,18,28H,5-6,8-9,13H2,1-3H3,(H,25,29)(H,26,30). The number of methoxy groups -OCH3 is 1. The van der Waals surface area contributed by atoms with Gasteiger partial charge in [-0.2, -0.15) is 0 Å². The number of hydrogen-bond acceptors (Lipinski definition) is 4. The van der Waals surface area contributed by atoms with Gasteiger partial charge in [0.2, 0.25) is 5.91 Å². The zero-order valence-electron chi connectivity index (χ0n) is 18.2. The maximum absolute atomic E-state index is 12.8. The molecule has 0 saturated heterocycles. The number of amides is 3. The minimum absolute atomic E-state index is 0.0126. The van der Waals surface area contributed by atoms with E-state index in [2.05, 4.69) is 10.6 Å². The third-order valence-electron chi connectivity index (χ3n) is 6.58. The van der Waals surface area contributed by atoms with Crippen molar-refractivity contribution in [1.82, 2.24) is 4.90 Å². The maximum atomic E-state index is 12.8. The lowest BCUT2D eigenvalue weighted by Crippen LogP contribution is -2.47. The van der Waals surface area contributed by atoms with Crippen molar-refractivity contribution in [2.45, 2.75) is 52.1 Å². The third-order valence-corrected chi connectivity index (χ3v) is 6.58. The summed E-state index contributed by atoms with van der Waals surface area (Å²) in [6.07, 6.45) is 3.01. The van der Waals surface area contributed by atoms with Crippen LogP contribution in [0.3, 0.4) is 0 Å². The molecule has 2 aromatic carbocycles. The van der Waals surface area contributed by atoms with E-state index in [0.717, 1.165) is 59.5 Å². The van der Waals surface area contributed by atoms with Crippen LogP contribution in [0.15, 0.2) is 30.3 Å². The highest BCUT2D eigenvalue weighted by atomic mass is 16.5. The Bertz CT molecular complexity index is 1010. The first-order valence-electron chi connectivity index (χ1n) is 10.7. The van der Waals surface area contributed by atoms with Crippen molar-refractivity contribution in [2.24, 2.45) is 5.92 Å². The lowest BCUT2D eigenvalue weighted by Gasteiger charge is -2.39. The predicted octanol–water partition coefficient (Wildman–Crippen LogP) is 4.56. The summed E-state index contributed by atoms with van der Waals surface area (Å²) < 4.78 is 5.33. The molecule has 0 unspecified atom stereocenters. The number of nitrogens with zero attached hydrogens (tertiary/aromatic N) is 1. The number of hydrogen-bond donors (Lipinski definition) is 3. The highest BCUT2D eigenvalue weighted by Crippen LogP contribution is 2.36. The van der Waals surface area contributed by atoms with Crippen molar-refractivity contribution in [3.8, 4) is 11.5 Å². The molecule has 1 saturated carbocycles. The molecule has 1 heterocycles. The summed E-state index contributed by atoms with van der Waals surface area (Å²) in [5, 5.41) is 16.0. The summed E-state index contributed by atoms with van der Waals surface area (Å²) in [5.41, 5.74) is 4.26. The third kappa shape index (κ3) is 4.17. The monoisotopic (exact) mass is 423 g/mol. The molecule has 0 aromatic heterocycles. The largest absolute Gasteiger partial charge is 0.508 e. The van der Waals surface area contributed by atoms with E-state index in [0.29, 0.717) is 6.54 Å². The lowest BCUT2D eigenvalue weighted by atomic mass is 9.84. The fourth-order valence-electron chi connectivity index (χ4n) is 4.58. The number of carbonyl (C=O) groups is 2. The molecule has 2 aliphatic rings. The Hall–Kier alpha value is -3.22. The first kappa shape index (κ1) is 21.0. The average molecular weight is 424 g/mol. The van der Waals surface area contributed by atoms with Gasteiger partial charge in [-0.3, -0.25) is 4.79 Å². The van der Waals surface area contributed by atoms with Gasteiger partial charge in [-0.05, 0) is 68.9 Å². The number of phenols is 1. The van der Waals surface area contributed by atoms with Crippen LogP contribution in [0.5, 0.6) is 11.5 Å². The normalized spacial score (nSPS) is 20.6. The molecular weight excluding hydrogens is 394 g/mol. The molecular formula is C24H29N3O4. The topological polar surface area (TPSA) is 90.9 Å². The van der Waals surface area contributed by atoms with Crippen LogP contribution in [-0.2, 0) is 11.3 Å². The molecule has 164 valence electrons. The zero-order valence-corrected chi connectivity index (χ0v) is 18.2. The fraction of sp³-hybridized carbons (Fsp3) is 0.417.